The quantitative estimate of drug-likeness (QED) is 0.557. The lowest BCUT2D eigenvalue weighted by molar-refractivity contribution is 0.0688. The monoisotopic (exact) mass is 443 g/mol. The maximum Gasteiger partial charge on any atom is 0.223 e. The number of methoxy groups -OCH3 is 1. The highest BCUT2D eigenvalue weighted by Crippen LogP contribution is 2.29. The second-order valence-electron chi connectivity index (χ2n) is 8.20. The minimum atomic E-state index is -0.0846. The fraction of sp³-hybridized carbons (Fsp3) is 0.500. The normalized spacial score (nSPS) is 24.6. The highest BCUT2D eigenvalue weighted by molar-refractivity contribution is 7.80. The van der Waals surface area contributed by atoms with Crippen molar-refractivity contribution in [3.8, 4) is 17.0 Å². The molecule has 1 aromatic heterocycles. The summed E-state index contributed by atoms with van der Waals surface area (Å²) in [7, 11) is 1.65. The van der Waals surface area contributed by atoms with Crippen molar-refractivity contribution < 1.29 is 14.2 Å². The molecule has 2 saturated heterocycles. The number of rotatable bonds is 7. The smallest absolute Gasteiger partial charge is 0.223 e. The Morgan fingerprint density at radius 3 is 2.55 bits per heavy atom. The zero-order chi connectivity index (χ0) is 21.8. The minimum absolute atomic E-state index is 0.0236. The summed E-state index contributed by atoms with van der Waals surface area (Å²) >= 11 is 5.40. The highest BCUT2D eigenvalue weighted by atomic mass is 32.1. The van der Waals surface area contributed by atoms with Crippen LogP contribution in [0, 0.1) is 5.92 Å². The van der Waals surface area contributed by atoms with Crippen LogP contribution in [0.1, 0.15) is 13.8 Å². The number of benzene rings is 1. The van der Waals surface area contributed by atoms with Crippen molar-refractivity contribution in [1.82, 2.24) is 20.6 Å². The number of thiocarbonyl (C=S) groups is 1. The van der Waals surface area contributed by atoms with E-state index in [4.69, 9.17) is 26.4 Å². The van der Waals surface area contributed by atoms with Gasteiger partial charge in [0, 0.05) is 18.3 Å². The first-order valence-corrected chi connectivity index (χ1v) is 11.0. The van der Waals surface area contributed by atoms with E-state index in [9.17, 15) is 0 Å². The van der Waals surface area contributed by atoms with Crippen molar-refractivity contribution in [2.24, 2.45) is 5.92 Å². The molecule has 2 aromatic rings. The predicted octanol–water partition coefficient (Wildman–Crippen LogP) is 2.22. The molecule has 2 aliphatic heterocycles. The van der Waals surface area contributed by atoms with Crippen LogP contribution in [-0.2, 0) is 9.47 Å². The molecule has 0 amide bonds. The highest BCUT2D eigenvalue weighted by Gasteiger charge is 2.48. The number of nitrogens with one attached hydrogen (secondary N) is 3. The van der Waals surface area contributed by atoms with E-state index in [-0.39, 0.29) is 24.3 Å². The van der Waals surface area contributed by atoms with E-state index < -0.39 is 0 Å². The Balaban J connectivity index is 1.36. The molecule has 0 aliphatic carbocycles. The van der Waals surface area contributed by atoms with E-state index in [1.54, 1.807) is 13.3 Å². The Kier molecular flexibility index (Phi) is 6.84. The zero-order valence-corrected chi connectivity index (χ0v) is 18.8. The summed E-state index contributed by atoms with van der Waals surface area (Å²) in [6, 6.07) is 9.67. The SMILES string of the molecule is COc1ccc(-c2ccnc(N[C@H]3CO[C@H]4[C@@H]3OC[C@@H]4NC(=S)NCC(C)C)n2)cc1. The summed E-state index contributed by atoms with van der Waals surface area (Å²) in [5, 5.41) is 10.6. The average Bonchev–Trinajstić information content (AvgIpc) is 3.36. The van der Waals surface area contributed by atoms with E-state index in [0.29, 0.717) is 30.2 Å². The molecule has 0 saturated carbocycles. The third-order valence-electron chi connectivity index (χ3n) is 5.40. The molecular formula is C22H29N5O3S. The first kappa shape index (κ1) is 21.7. The molecule has 31 heavy (non-hydrogen) atoms. The van der Waals surface area contributed by atoms with Gasteiger partial charge in [-0.2, -0.15) is 0 Å². The van der Waals surface area contributed by atoms with Gasteiger partial charge in [0.25, 0.3) is 0 Å². The second-order valence-corrected chi connectivity index (χ2v) is 8.60. The Bertz CT molecular complexity index is 895. The van der Waals surface area contributed by atoms with Crippen molar-refractivity contribution in [3.05, 3.63) is 36.5 Å². The van der Waals surface area contributed by atoms with Gasteiger partial charge in [-0.1, -0.05) is 13.8 Å². The largest absolute Gasteiger partial charge is 0.497 e. The molecule has 0 bridgehead atoms. The molecule has 0 spiro atoms. The van der Waals surface area contributed by atoms with Gasteiger partial charge in [-0.15, -0.1) is 0 Å². The maximum absolute atomic E-state index is 6.03. The molecule has 2 fully saturated rings. The van der Waals surface area contributed by atoms with Crippen LogP contribution in [0.25, 0.3) is 11.3 Å². The summed E-state index contributed by atoms with van der Waals surface area (Å²) in [4.78, 5) is 9.04. The third-order valence-corrected chi connectivity index (χ3v) is 5.66. The first-order chi connectivity index (χ1) is 15.0. The average molecular weight is 444 g/mol. The second kappa shape index (κ2) is 9.76. The number of ether oxygens (including phenoxy) is 3. The predicted molar refractivity (Wildman–Crippen MR) is 123 cm³/mol. The van der Waals surface area contributed by atoms with E-state index in [1.165, 1.54) is 0 Å². The van der Waals surface area contributed by atoms with E-state index in [1.807, 2.05) is 30.3 Å². The van der Waals surface area contributed by atoms with Crippen LogP contribution < -0.4 is 20.7 Å². The van der Waals surface area contributed by atoms with Gasteiger partial charge >= 0.3 is 0 Å². The summed E-state index contributed by atoms with van der Waals surface area (Å²) in [6.45, 7) is 6.19. The molecule has 3 heterocycles. The molecule has 9 heteroatoms. The van der Waals surface area contributed by atoms with Crippen molar-refractivity contribution >= 4 is 23.3 Å². The lowest BCUT2D eigenvalue weighted by Crippen LogP contribution is -2.49. The van der Waals surface area contributed by atoms with Crippen LogP contribution >= 0.6 is 12.2 Å². The van der Waals surface area contributed by atoms with Gasteiger partial charge in [0.1, 0.15) is 18.0 Å². The number of nitrogens with zero attached hydrogens (tertiary/aromatic N) is 2. The molecule has 0 unspecified atom stereocenters. The molecule has 4 atom stereocenters. The minimum Gasteiger partial charge on any atom is -0.497 e. The Morgan fingerprint density at radius 2 is 1.84 bits per heavy atom. The van der Waals surface area contributed by atoms with Gasteiger partial charge in [0.15, 0.2) is 5.11 Å². The van der Waals surface area contributed by atoms with Gasteiger partial charge in [-0.3, -0.25) is 0 Å². The number of anilines is 1. The summed E-state index contributed by atoms with van der Waals surface area (Å²) in [5.74, 6) is 1.89. The van der Waals surface area contributed by atoms with E-state index in [2.05, 4.69) is 39.8 Å². The van der Waals surface area contributed by atoms with Crippen molar-refractivity contribution in [1.29, 1.82) is 0 Å². The Hall–Kier alpha value is -2.49. The molecule has 2 aliphatic rings. The van der Waals surface area contributed by atoms with Gasteiger partial charge in [-0.25, -0.2) is 9.97 Å². The summed E-state index contributed by atoms with van der Waals surface area (Å²) in [5.41, 5.74) is 1.83. The van der Waals surface area contributed by atoms with Gasteiger partial charge in [-0.05, 0) is 48.5 Å². The van der Waals surface area contributed by atoms with Gasteiger partial charge < -0.3 is 30.2 Å². The van der Waals surface area contributed by atoms with Gasteiger partial charge in [0.05, 0.1) is 38.1 Å². The van der Waals surface area contributed by atoms with Crippen molar-refractivity contribution in [2.75, 3.05) is 32.2 Å². The van der Waals surface area contributed by atoms with E-state index >= 15 is 0 Å². The van der Waals surface area contributed by atoms with Crippen LogP contribution in [0.2, 0.25) is 0 Å². The Morgan fingerprint density at radius 1 is 1.13 bits per heavy atom. The fourth-order valence-corrected chi connectivity index (χ4v) is 4.01. The molecule has 1 aromatic carbocycles. The molecule has 0 radical (unpaired) electrons. The standard InChI is InChI=1S/C22H29N5O3S/c1-13(2)10-24-22(31)27-18-12-30-19-17(11-29-20(18)19)26-21-23-9-8-16(25-21)14-4-6-15(28-3)7-5-14/h4-9,13,17-20H,10-12H2,1-3H3,(H,23,25,26)(H2,24,27,31)/t17-,18-,19+,20+/m0/s1. The maximum atomic E-state index is 6.03. The third kappa shape index (κ3) is 5.23. The molecule has 8 nitrogen and oxygen atoms in total. The summed E-state index contributed by atoms with van der Waals surface area (Å²) in [6.07, 6.45) is 1.60. The topological polar surface area (TPSA) is 89.6 Å². The Labute approximate surface area is 188 Å². The van der Waals surface area contributed by atoms with Crippen molar-refractivity contribution in [3.63, 3.8) is 0 Å². The lowest BCUT2D eigenvalue weighted by atomic mass is 10.1. The molecule has 4 rings (SSSR count). The van der Waals surface area contributed by atoms with Crippen molar-refractivity contribution in [2.45, 2.75) is 38.1 Å². The van der Waals surface area contributed by atoms with Gasteiger partial charge in [0.2, 0.25) is 5.95 Å². The van der Waals surface area contributed by atoms with Crippen LogP contribution in [0.3, 0.4) is 0 Å². The molecular weight excluding hydrogens is 414 g/mol. The van der Waals surface area contributed by atoms with Crippen LogP contribution in [-0.4, -0.2) is 66.2 Å². The fourth-order valence-electron chi connectivity index (χ4n) is 3.78. The van der Waals surface area contributed by atoms with Crippen LogP contribution in [0.5, 0.6) is 5.75 Å². The number of hydrogen-bond donors (Lipinski definition) is 3. The molecule has 3 N–H and O–H groups in total. The number of fused-ring (bicyclic) bond motifs is 1. The van der Waals surface area contributed by atoms with E-state index in [0.717, 1.165) is 23.6 Å². The van der Waals surface area contributed by atoms with Crippen LogP contribution in [0.4, 0.5) is 5.95 Å². The molecule has 166 valence electrons. The first-order valence-electron chi connectivity index (χ1n) is 10.5. The summed E-state index contributed by atoms with van der Waals surface area (Å²) < 4.78 is 17.3. The zero-order valence-electron chi connectivity index (χ0n) is 18.0. The van der Waals surface area contributed by atoms with Crippen LogP contribution in [0.15, 0.2) is 36.5 Å². The lowest BCUT2D eigenvalue weighted by Gasteiger charge is -2.20. The number of aromatic nitrogens is 2. The number of hydrogen-bond acceptors (Lipinski definition) is 7.